The topological polar surface area (TPSA) is 29.1 Å². The Balaban J connectivity index is 2.98. The first kappa shape index (κ1) is 15.7. The summed E-state index contributed by atoms with van der Waals surface area (Å²) in [6, 6.07) is 1.63. The van der Waals surface area contributed by atoms with E-state index in [0.717, 1.165) is 12.1 Å². The van der Waals surface area contributed by atoms with Crippen molar-refractivity contribution < 1.29 is 13.0 Å². The molecule has 0 aliphatic carbocycles. The second-order valence-electron chi connectivity index (χ2n) is 5.01. The van der Waals surface area contributed by atoms with Crippen LogP contribution in [0.5, 0.6) is 0 Å². The predicted molar refractivity (Wildman–Crippen MR) is 73.5 cm³/mol. The fraction of sp³-hybridized carbons (Fsp3) is 0.500. The third-order valence-corrected chi connectivity index (χ3v) is 4.58. The van der Waals surface area contributed by atoms with E-state index in [2.05, 4.69) is 20.7 Å². The van der Waals surface area contributed by atoms with Gasteiger partial charge in [-0.05, 0) is 55.8 Å². The predicted octanol–water partition coefficient (Wildman–Crippen LogP) is 3.84. The molecule has 0 aromatic heterocycles. The summed E-state index contributed by atoms with van der Waals surface area (Å²) in [7, 11) is -1.34. The lowest BCUT2D eigenvalue weighted by molar-refractivity contribution is 0.551. The van der Waals surface area contributed by atoms with Gasteiger partial charge in [0.2, 0.25) is 0 Å². The molecule has 0 unspecified atom stereocenters. The summed E-state index contributed by atoms with van der Waals surface area (Å²) in [6.07, 6.45) is 0. The van der Waals surface area contributed by atoms with E-state index in [0.29, 0.717) is 0 Å². The molecular weight excluding hydrogens is 324 g/mol. The molecule has 0 saturated heterocycles. The van der Waals surface area contributed by atoms with E-state index in [4.69, 9.17) is 0 Å². The monoisotopic (exact) mass is 339 g/mol. The van der Waals surface area contributed by atoms with Gasteiger partial charge in [-0.15, -0.1) is 0 Å². The molecule has 1 N–H and O–H groups in total. The Bertz CT molecular complexity index is 474. The highest BCUT2D eigenvalue weighted by Gasteiger charge is 2.23. The number of hydrogen-bond donors (Lipinski definition) is 1. The summed E-state index contributed by atoms with van der Waals surface area (Å²) < 4.78 is 41.3. The third kappa shape index (κ3) is 3.83. The zero-order chi connectivity index (χ0) is 14.1. The molecule has 0 spiro atoms. The molecule has 6 heteroatoms. The molecule has 102 valence electrons. The van der Waals surface area contributed by atoms with Gasteiger partial charge in [0.1, 0.15) is 11.6 Å². The molecule has 1 rings (SSSR count). The van der Waals surface area contributed by atoms with E-state index in [1.54, 1.807) is 27.7 Å². The molecule has 0 aliphatic rings. The van der Waals surface area contributed by atoms with Gasteiger partial charge < -0.3 is 0 Å². The van der Waals surface area contributed by atoms with Crippen LogP contribution in [0.3, 0.4) is 0 Å². The van der Waals surface area contributed by atoms with Gasteiger partial charge in [0.15, 0.2) is 0 Å². The molecule has 2 nitrogen and oxygen atoms in total. The van der Waals surface area contributed by atoms with E-state index >= 15 is 0 Å². The lowest BCUT2D eigenvalue weighted by atomic mass is 10.1. The van der Waals surface area contributed by atoms with Crippen molar-refractivity contribution in [1.29, 1.82) is 0 Å². The van der Waals surface area contributed by atoms with Crippen molar-refractivity contribution in [3.05, 3.63) is 33.8 Å². The molecule has 0 fully saturated rings. The maximum Gasteiger partial charge on any atom is 0.142 e. The van der Waals surface area contributed by atoms with Gasteiger partial charge in [0.05, 0.1) is 20.2 Å². The van der Waals surface area contributed by atoms with Gasteiger partial charge in [-0.25, -0.2) is 17.7 Å². The first-order valence-electron chi connectivity index (χ1n) is 5.45. The molecule has 0 aliphatic heterocycles. The first-order chi connectivity index (χ1) is 8.12. The minimum atomic E-state index is -1.34. The number of rotatable bonds is 3. The van der Waals surface area contributed by atoms with Crippen molar-refractivity contribution in [3.63, 3.8) is 0 Å². The van der Waals surface area contributed by atoms with E-state index in [1.165, 1.54) is 0 Å². The van der Waals surface area contributed by atoms with Crippen LogP contribution >= 0.6 is 15.9 Å². The van der Waals surface area contributed by atoms with E-state index < -0.39 is 33.4 Å². The van der Waals surface area contributed by atoms with E-state index in [9.17, 15) is 13.0 Å². The highest BCUT2D eigenvalue weighted by molar-refractivity contribution is 9.10. The maximum atomic E-state index is 13.8. The van der Waals surface area contributed by atoms with Crippen LogP contribution in [0, 0.1) is 11.6 Å². The highest BCUT2D eigenvalue weighted by atomic mass is 79.9. The lowest BCUT2D eigenvalue weighted by Crippen LogP contribution is -2.35. The fourth-order valence-electron chi connectivity index (χ4n) is 1.29. The van der Waals surface area contributed by atoms with Crippen molar-refractivity contribution in [2.45, 2.75) is 38.5 Å². The summed E-state index contributed by atoms with van der Waals surface area (Å²) in [5, 5.41) is 0. The van der Waals surface area contributed by atoms with Crippen LogP contribution in [0.4, 0.5) is 8.78 Å². The molecule has 2 atom stereocenters. The largest absolute Gasteiger partial charge is 0.242 e. The van der Waals surface area contributed by atoms with Crippen molar-refractivity contribution in [3.8, 4) is 0 Å². The summed E-state index contributed by atoms with van der Waals surface area (Å²) in [5.74, 6) is -1.07. The third-order valence-electron chi connectivity index (χ3n) is 2.33. The Morgan fingerprint density at radius 1 is 1.33 bits per heavy atom. The second-order valence-corrected chi connectivity index (χ2v) is 7.86. The summed E-state index contributed by atoms with van der Waals surface area (Å²) >= 11 is 2.95. The van der Waals surface area contributed by atoms with Crippen molar-refractivity contribution in [1.82, 2.24) is 4.72 Å². The Labute approximate surface area is 117 Å². The minimum Gasteiger partial charge on any atom is -0.242 e. The minimum absolute atomic E-state index is 0.0627. The van der Waals surface area contributed by atoms with Crippen LogP contribution in [0.15, 0.2) is 16.6 Å². The van der Waals surface area contributed by atoms with Gasteiger partial charge in [0.25, 0.3) is 0 Å². The van der Waals surface area contributed by atoms with Crippen LogP contribution < -0.4 is 4.72 Å². The number of halogens is 3. The van der Waals surface area contributed by atoms with Crippen LogP contribution in [0.1, 0.15) is 39.3 Å². The van der Waals surface area contributed by atoms with E-state index in [1.807, 2.05) is 0 Å². The van der Waals surface area contributed by atoms with Gasteiger partial charge in [0, 0.05) is 11.6 Å². The molecule has 0 saturated carbocycles. The summed E-state index contributed by atoms with van der Waals surface area (Å²) in [6.45, 7) is 7.07. The average molecular weight is 340 g/mol. The number of benzene rings is 1. The van der Waals surface area contributed by atoms with Crippen LogP contribution in [0.2, 0.25) is 0 Å². The van der Waals surface area contributed by atoms with Crippen LogP contribution in [0.25, 0.3) is 0 Å². The smallest absolute Gasteiger partial charge is 0.142 e. The number of hydrogen-bond acceptors (Lipinski definition) is 1. The normalized spacial score (nSPS) is 15.5. The molecule has 0 amide bonds. The van der Waals surface area contributed by atoms with Crippen LogP contribution in [-0.2, 0) is 11.0 Å². The fourth-order valence-corrected chi connectivity index (χ4v) is 2.54. The van der Waals surface area contributed by atoms with Crippen molar-refractivity contribution in [2.24, 2.45) is 0 Å². The van der Waals surface area contributed by atoms with E-state index in [-0.39, 0.29) is 10.0 Å². The lowest BCUT2D eigenvalue weighted by Gasteiger charge is -2.22. The quantitative estimate of drug-likeness (QED) is 0.833. The highest BCUT2D eigenvalue weighted by Crippen LogP contribution is 2.26. The van der Waals surface area contributed by atoms with Crippen molar-refractivity contribution >= 4 is 26.9 Å². The standard InChI is InChI=1S/C12H16BrF2NOS/c1-7(16-18(17)12(2,3)4)9-5-8(14)6-10(13)11(9)15/h5-7,16H,1-4H3/t7-,18-/m1/s1. The maximum absolute atomic E-state index is 13.8. The SMILES string of the molecule is C[C@@H](N[S@](=O)C(C)(C)C)c1cc(F)cc(Br)c1F. The summed E-state index contributed by atoms with van der Waals surface area (Å²) in [5.41, 5.74) is 0.152. The molecule has 0 radical (unpaired) electrons. The summed E-state index contributed by atoms with van der Waals surface area (Å²) in [4.78, 5) is 0. The van der Waals surface area contributed by atoms with Gasteiger partial charge in [-0.2, -0.15) is 0 Å². The Hall–Kier alpha value is -0.330. The molecule has 1 aromatic rings. The van der Waals surface area contributed by atoms with Gasteiger partial charge in [-0.3, -0.25) is 0 Å². The number of nitrogens with one attached hydrogen (secondary N) is 1. The molecular formula is C12H16BrF2NOS. The van der Waals surface area contributed by atoms with Crippen molar-refractivity contribution in [2.75, 3.05) is 0 Å². The van der Waals surface area contributed by atoms with Crippen LogP contribution in [-0.4, -0.2) is 8.96 Å². The van der Waals surface area contributed by atoms with Gasteiger partial charge >= 0.3 is 0 Å². The van der Waals surface area contributed by atoms with Gasteiger partial charge in [-0.1, -0.05) is 0 Å². The zero-order valence-corrected chi connectivity index (χ0v) is 13.1. The Kier molecular flexibility index (Phi) is 5.03. The molecule has 0 bridgehead atoms. The Morgan fingerprint density at radius 3 is 2.39 bits per heavy atom. The zero-order valence-electron chi connectivity index (χ0n) is 10.7. The molecule has 0 heterocycles. The second kappa shape index (κ2) is 5.75. The Morgan fingerprint density at radius 2 is 1.89 bits per heavy atom. The first-order valence-corrected chi connectivity index (χ1v) is 7.39. The molecule has 18 heavy (non-hydrogen) atoms. The average Bonchev–Trinajstić information content (AvgIpc) is 2.21. The molecule has 1 aromatic carbocycles.